The minimum absolute atomic E-state index is 0.000880. The SMILES string of the molecule is N#Cc1c(Cl)cnc(CN)c1C(F)F. The first-order chi connectivity index (χ1) is 6.61. The number of alkyl halides is 2. The Hall–Kier alpha value is -1.25. The molecule has 0 aliphatic heterocycles. The number of aromatic nitrogens is 1. The molecule has 6 heteroatoms. The Labute approximate surface area is 84.1 Å². The molecule has 0 saturated heterocycles. The van der Waals surface area contributed by atoms with Gasteiger partial charge in [-0.15, -0.1) is 0 Å². The molecule has 0 unspecified atom stereocenters. The van der Waals surface area contributed by atoms with E-state index in [-0.39, 0.29) is 22.8 Å². The summed E-state index contributed by atoms with van der Waals surface area (Å²) in [6.07, 6.45) is -1.65. The molecule has 3 nitrogen and oxygen atoms in total. The van der Waals surface area contributed by atoms with Crippen LogP contribution in [0.3, 0.4) is 0 Å². The smallest absolute Gasteiger partial charge is 0.266 e. The van der Waals surface area contributed by atoms with Crippen molar-refractivity contribution in [2.45, 2.75) is 13.0 Å². The van der Waals surface area contributed by atoms with Gasteiger partial charge in [0.25, 0.3) is 6.43 Å². The molecule has 14 heavy (non-hydrogen) atoms. The lowest BCUT2D eigenvalue weighted by Gasteiger charge is -2.08. The standard InChI is InChI=1S/C8H6ClF2N3/c9-5-3-14-6(2-13)7(8(10)11)4(5)1-12/h3,8H,2,13H2. The number of hydrogen-bond acceptors (Lipinski definition) is 3. The van der Waals surface area contributed by atoms with E-state index in [1.807, 2.05) is 0 Å². The fourth-order valence-corrected chi connectivity index (χ4v) is 1.25. The first kappa shape index (κ1) is 10.8. The molecular formula is C8H6ClF2N3. The number of pyridine rings is 1. The van der Waals surface area contributed by atoms with Crippen molar-refractivity contribution in [1.82, 2.24) is 4.98 Å². The number of halogens is 3. The molecule has 0 amide bonds. The van der Waals surface area contributed by atoms with Gasteiger partial charge in [-0.05, 0) is 0 Å². The second-order valence-electron chi connectivity index (χ2n) is 2.46. The highest BCUT2D eigenvalue weighted by Gasteiger charge is 2.20. The normalized spacial score (nSPS) is 10.3. The topological polar surface area (TPSA) is 62.7 Å². The van der Waals surface area contributed by atoms with Crippen LogP contribution in [0.5, 0.6) is 0 Å². The molecule has 0 radical (unpaired) electrons. The van der Waals surface area contributed by atoms with Crippen molar-refractivity contribution in [2.24, 2.45) is 5.73 Å². The summed E-state index contributed by atoms with van der Waals surface area (Å²) >= 11 is 5.54. The van der Waals surface area contributed by atoms with E-state index in [9.17, 15) is 8.78 Å². The zero-order chi connectivity index (χ0) is 10.7. The minimum atomic E-state index is -2.80. The first-order valence-corrected chi connectivity index (χ1v) is 4.05. The van der Waals surface area contributed by atoms with Gasteiger partial charge < -0.3 is 5.73 Å². The fraction of sp³-hybridized carbons (Fsp3) is 0.250. The maximum absolute atomic E-state index is 12.5. The van der Waals surface area contributed by atoms with E-state index < -0.39 is 12.0 Å². The van der Waals surface area contributed by atoms with Crippen molar-refractivity contribution in [3.05, 3.63) is 28.0 Å². The second-order valence-corrected chi connectivity index (χ2v) is 2.87. The molecule has 1 heterocycles. The van der Waals surface area contributed by atoms with Gasteiger partial charge >= 0.3 is 0 Å². The zero-order valence-electron chi connectivity index (χ0n) is 6.97. The lowest BCUT2D eigenvalue weighted by atomic mass is 10.1. The Morgan fingerprint density at radius 2 is 2.29 bits per heavy atom. The van der Waals surface area contributed by atoms with Crippen molar-refractivity contribution in [2.75, 3.05) is 0 Å². The van der Waals surface area contributed by atoms with Crippen LogP contribution >= 0.6 is 11.6 Å². The average molecular weight is 218 g/mol. The van der Waals surface area contributed by atoms with Crippen LogP contribution in [0.1, 0.15) is 23.2 Å². The van der Waals surface area contributed by atoms with Gasteiger partial charge in [0.2, 0.25) is 0 Å². The van der Waals surface area contributed by atoms with Crippen molar-refractivity contribution < 1.29 is 8.78 Å². The molecule has 74 valence electrons. The van der Waals surface area contributed by atoms with Crippen molar-refractivity contribution in [1.29, 1.82) is 5.26 Å². The summed E-state index contributed by atoms with van der Waals surface area (Å²) in [5, 5.41) is 8.55. The molecule has 2 N–H and O–H groups in total. The third kappa shape index (κ3) is 1.81. The van der Waals surface area contributed by atoms with Gasteiger partial charge in [-0.3, -0.25) is 4.98 Å². The molecule has 0 aliphatic carbocycles. The number of hydrogen-bond donors (Lipinski definition) is 1. The highest BCUT2D eigenvalue weighted by atomic mass is 35.5. The van der Waals surface area contributed by atoms with E-state index in [1.165, 1.54) is 0 Å². The maximum atomic E-state index is 12.5. The molecule has 0 atom stereocenters. The van der Waals surface area contributed by atoms with E-state index in [1.54, 1.807) is 6.07 Å². The Bertz CT molecular complexity index is 387. The van der Waals surface area contributed by atoms with Crippen LogP contribution in [0.2, 0.25) is 5.02 Å². The molecular weight excluding hydrogens is 212 g/mol. The average Bonchev–Trinajstić information content (AvgIpc) is 2.17. The third-order valence-electron chi connectivity index (χ3n) is 1.68. The Kier molecular flexibility index (Phi) is 3.33. The molecule has 0 aliphatic rings. The molecule has 0 saturated carbocycles. The largest absolute Gasteiger partial charge is 0.325 e. The maximum Gasteiger partial charge on any atom is 0.266 e. The van der Waals surface area contributed by atoms with Crippen molar-refractivity contribution in [3.8, 4) is 6.07 Å². The number of nitrogens with two attached hydrogens (primary N) is 1. The molecule has 1 aromatic rings. The number of rotatable bonds is 2. The van der Waals surface area contributed by atoms with Gasteiger partial charge in [-0.1, -0.05) is 11.6 Å². The summed E-state index contributed by atoms with van der Waals surface area (Å²) in [4.78, 5) is 3.64. The highest BCUT2D eigenvalue weighted by molar-refractivity contribution is 6.31. The lowest BCUT2D eigenvalue weighted by Crippen LogP contribution is -2.07. The Balaban J connectivity index is 3.46. The molecule has 0 spiro atoms. The lowest BCUT2D eigenvalue weighted by molar-refractivity contribution is 0.149. The van der Waals surface area contributed by atoms with Gasteiger partial charge in [0, 0.05) is 12.7 Å². The van der Waals surface area contributed by atoms with E-state index in [0.717, 1.165) is 6.20 Å². The predicted molar refractivity (Wildman–Crippen MR) is 46.8 cm³/mol. The van der Waals surface area contributed by atoms with Crippen LogP contribution in [-0.2, 0) is 6.54 Å². The van der Waals surface area contributed by atoms with Gasteiger partial charge in [0.05, 0.1) is 21.8 Å². The molecule has 1 aromatic heterocycles. The zero-order valence-corrected chi connectivity index (χ0v) is 7.72. The fourth-order valence-electron chi connectivity index (χ4n) is 1.05. The van der Waals surface area contributed by atoms with Gasteiger partial charge in [0.15, 0.2) is 0 Å². The number of nitrogens with zero attached hydrogens (tertiary/aromatic N) is 2. The minimum Gasteiger partial charge on any atom is -0.325 e. The van der Waals surface area contributed by atoms with Crippen LogP contribution in [0.4, 0.5) is 8.78 Å². The highest BCUT2D eigenvalue weighted by Crippen LogP contribution is 2.29. The monoisotopic (exact) mass is 217 g/mol. The summed E-state index contributed by atoms with van der Waals surface area (Å²) in [5.74, 6) is 0. The summed E-state index contributed by atoms with van der Waals surface area (Å²) in [6.45, 7) is -0.147. The Morgan fingerprint density at radius 1 is 1.64 bits per heavy atom. The van der Waals surface area contributed by atoms with Gasteiger partial charge in [-0.25, -0.2) is 8.78 Å². The Morgan fingerprint density at radius 3 is 2.71 bits per heavy atom. The second kappa shape index (κ2) is 4.31. The number of nitriles is 1. The van der Waals surface area contributed by atoms with Crippen LogP contribution in [0, 0.1) is 11.3 Å². The van der Waals surface area contributed by atoms with Crippen LogP contribution in [-0.4, -0.2) is 4.98 Å². The van der Waals surface area contributed by atoms with E-state index in [2.05, 4.69) is 4.98 Å². The van der Waals surface area contributed by atoms with E-state index in [4.69, 9.17) is 22.6 Å². The summed E-state index contributed by atoms with van der Waals surface area (Å²) in [7, 11) is 0. The van der Waals surface area contributed by atoms with Crippen LogP contribution < -0.4 is 5.73 Å². The first-order valence-electron chi connectivity index (χ1n) is 3.67. The van der Waals surface area contributed by atoms with E-state index in [0.29, 0.717) is 0 Å². The van der Waals surface area contributed by atoms with Gasteiger partial charge in [0.1, 0.15) is 6.07 Å². The van der Waals surface area contributed by atoms with Crippen molar-refractivity contribution >= 4 is 11.6 Å². The molecule has 0 aromatic carbocycles. The van der Waals surface area contributed by atoms with Crippen LogP contribution in [0.25, 0.3) is 0 Å². The van der Waals surface area contributed by atoms with Crippen LogP contribution in [0.15, 0.2) is 6.20 Å². The van der Waals surface area contributed by atoms with Gasteiger partial charge in [-0.2, -0.15) is 5.26 Å². The quantitative estimate of drug-likeness (QED) is 0.824. The summed E-state index contributed by atoms with van der Waals surface area (Å²) in [6, 6.07) is 1.61. The predicted octanol–water partition coefficient (Wildman–Crippen LogP) is 2.00. The third-order valence-corrected chi connectivity index (χ3v) is 1.96. The molecule has 1 rings (SSSR count). The van der Waals surface area contributed by atoms with E-state index >= 15 is 0 Å². The van der Waals surface area contributed by atoms with Crippen molar-refractivity contribution in [3.63, 3.8) is 0 Å². The summed E-state index contributed by atoms with van der Waals surface area (Å²) in [5.41, 5.74) is 4.49. The summed E-state index contributed by atoms with van der Waals surface area (Å²) < 4.78 is 25.1. The molecule has 0 bridgehead atoms. The molecule has 0 fully saturated rings.